The van der Waals surface area contributed by atoms with E-state index in [0.29, 0.717) is 11.3 Å². The van der Waals surface area contributed by atoms with Gasteiger partial charge in [0, 0.05) is 11.5 Å². The lowest BCUT2D eigenvalue weighted by atomic mass is 10.0. The molecule has 2 aromatic rings. The summed E-state index contributed by atoms with van der Waals surface area (Å²) in [6, 6.07) is 4.91. The Morgan fingerprint density at radius 3 is 2.55 bits per heavy atom. The molecule has 104 valence electrons. The average Bonchev–Trinajstić information content (AvgIpc) is 2.34. The number of hydrogen-bond donors (Lipinski definition) is 0. The van der Waals surface area contributed by atoms with E-state index in [2.05, 4.69) is 0 Å². The number of benzene rings is 1. The van der Waals surface area contributed by atoms with E-state index in [1.54, 1.807) is 25.3 Å². The molecular weight excluding hydrogens is 256 g/mol. The summed E-state index contributed by atoms with van der Waals surface area (Å²) in [5.74, 6) is 0.182. The molecule has 4 nitrogen and oxygen atoms in total. The summed E-state index contributed by atoms with van der Waals surface area (Å²) in [5, 5.41) is 0.736. The second kappa shape index (κ2) is 5.33. The van der Waals surface area contributed by atoms with Crippen molar-refractivity contribution in [1.82, 2.24) is 0 Å². The Hall–Kier alpha value is -2.36. The third-order valence-electron chi connectivity index (χ3n) is 2.85. The minimum absolute atomic E-state index is 0.207. The van der Waals surface area contributed by atoms with Crippen molar-refractivity contribution >= 4 is 16.8 Å². The van der Waals surface area contributed by atoms with E-state index in [9.17, 15) is 9.59 Å². The highest BCUT2D eigenvalue weighted by Crippen LogP contribution is 2.29. The molecule has 0 amide bonds. The predicted molar refractivity (Wildman–Crippen MR) is 77.3 cm³/mol. The standard InChI is InChI=1S/C16H16O4/c1-9(2)8-19-13-6-5-12-10(3)7-14(18)20-16(12)15(13)11(4)17/h5-8H,1-4H3. The van der Waals surface area contributed by atoms with Crippen LogP contribution in [-0.2, 0) is 0 Å². The Balaban J connectivity index is 2.78. The van der Waals surface area contributed by atoms with Crippen molar-refractivity contribution in [3.05, 3.63) is 51.6 Å². The normalized spacial score (nSPS) is 10.4. The predicted octanol–water partition coefficient (Wildman–Crippen LogP) is 3.61. The molecule has 0 atom stereocenters. The number of aryl methyl sites for hydroxylation is 1. The van der Waals surface area contributed by atoms with E-state index in [1.807, 2.05) is 13.8 Å². The smallest absolute Gasteiger partial charge is 0.336 e. The second-order valence-corrected chi connectivity index (χ2v) is 4.93. The number of carbonyl (C=O) groups excluding carboxylic acids is 1. The SMILES string of the molecule is CC(=O)c1c(OC=C(C)C)ccc2c(C)cc(=O)oc12. The van der Waals surface area contributed by atoms with Crippen LogP contribution in [-0.4, -0.2) is 5.78 Å². The van der Waals surface area contributed by atoms with E-state index >= 15 is 0 Å². The number of Topliss-reactive ketones (excluding diaryl/α,β-unsaturated/α-hetero) is 1. The Bertz CT molecular complexity index is 762. The molecule has 20 heavy (non-hydrogen) atoms. The quantitative estimate of drug-likeness (QED) is 0.486. The van der Waals surface area contributed by atoms with Gasteiger partial charge in [0.05, 0.1) is 6.26 Å². The molecule has 4 heteroatoms. The number of ketones is 1. The second-order valence-electron chi connectivity index (χ2n) is 4.93. The molecule has 1 heterocycles. The van der Waals surface area contributed by atoms with Gasteiger partial charge in [-0.3, -0.25) is 4.79 Å². The molecule has 0 aliphatic heterocycles. The van der Waals surface area contributed by atoms with Gasteiger partial charge in [-0.2, -0.15) is 0 Å². The van der Waals surface area contributed by atoms with E-state index in [1.165, 1.54) is 13.0 Å². The van der Waals surface area contributed by atoms with Crippen LogP contribution < -0.4 is 10.4 Å². The van der Waals surface area contributed by atoms with Gasteiger partial charge in [0.2, 0.25) is 0 Å². The fourth-order valence-corrected chi connectivity index (χ4v) is 1.98. The zero-order chi connectivity index (χ0) is 14.9. The van der Waals surface area contributed by atoms with Crippen LogP contribution in [0.25, 0.3) is 11.0 Å². The van der Waals surface area contributed by atoms with Crippen LogP contribution in [0.1, 0.15) is 36.7 Å². The number of rotatable bonds is 3. The number of hydrogen-bond acceptors (Lipinski definition) is 4. The maximum atomic E-state index is 11.9. The maximum absolute atomic E-state index is 11.9. The van der Waals surface area contributed by atoms with Gasteiger partial charge in [-0.25, -0.2) is 4.79 Å². The fourth-order valence-electron chi connectivity index (χ4n) is 1.98. The van der Waals surface area contributed by atoms with Crippen molar-refractivity contribution < 1.29 is 13.9 Å². The fraction of sp³-hybridized carbons (Fsp3) is 0.250. The van der Waals surface area contributed by atoms with E-state index in [4.69, 9.17) is 9.15 Å². The summed E-state index contributed by atoms with van der Waals surface area (Å²) >= 11 is 0. The molecular formula is C16H16O4. The molecule has 0 N–H and O–H groups in total. The van der Waals surface area contributed by atoms with Crippen LogP contribution in [0, 0.1) is 6.92 Å². The molecule has 0 aliphatic carbocycles. The van der Waals surface area contributed by atoms with Crippen molar-refractivity contribution in [2.45, 2.75) is 27.7 Å². The first-order valence-corrected chi connectivity index (χ1v) is 6.28. The number of allylic oxidation sites excluding steroid dienone is 1. The monoisotopic (exact) mass is 272 g/mol. The highest BCUT2D eigenvalue weighted by atomic mass is 16.5. The summed E-state index contributed by atoms with van der Waals surface area (Å²) in [4.78, 5) is 23.4. The van der Waals surface area contributed by atoms with Crippen molar-refractivity contribution in [3.8, 4) is 5.75 Å². The summed E-state index contributed by atoms with van der Waals surface area (Å²) in [6.07, 6.45) is 1.56. The summed E-state index contributed by atoms with van der Waals surface area (Å²) < 4.78 is 10.7. The summed E-state index contributed by atoms with van der Waals surface area (Å²) in [6.45, 7) is 7.00. The van der Waals surface area contributed by atoms with Crippen LogP contribution in [0.15, 0.2) is 39.2 Å². The molecule has 2 rings (SSSR count). The minimum atomic E-state index is -0.475. The van der Waals surface area contributed by atoms with Crippen LogP contribution in [0.2, 0.25) is 0 Å². The van der Waals surface area contributed by atoms with Crippen molar-refractivity contribution in [3.63, 3.8) is 0 Å². The van der Waals surface area contributed by atoms with E-state index in [-0.39, 0.29) is 11.4 Å². The van der Waals surface area contributed by atoms with Gasteiger partial charge in [-0.05, 0) is 51.0 Å². The first-order chi connectivity index (χ1) is 9.40. The lowest BCUT2D eigenvalue weighted by Gasteiger charge is -2.10. The lowest BCUT2D eigenvalue weighted by Crippen LogP contribution is -2.04. The molecule has 1 aromatic carbocycles. The highest BCUT2D eigenvalue weighted by Gasteiger charge is 2.17. The maximum Gasteiger partial charge on any atom is 0.336 e. The lowest BCUT2D eigenvalue weighted by molar-refractivity contribution is 0.101. The largest absolute Gasteiger partial charge is 0.464 e. The van der Waals surface area contributed by atoms with Crippen LogP contribution >= 0.6 is 0 Å². The van der Waals surface area contributed by atoms with Gasteiger partial charge < -0.3 is 9.15 Å². The highest BCUT2D eigenvalue weighted by molar-refractivity contribution is 6.07. The third kappa shape index (κ3) is 2.64. The number of ether oxygens (including phenoxy) is 1. The van der Waals surface area contributed by atoms with E-state index < -0.39 is 5.63 Å². The summed E-state index contributed by atoms with van der Waals surface area (Å²) in [5.41, 5.74) is 1.83. The van der Waals surface area contributed by atoms with Crippen LogP contribution in [0.3, 0.4) is 0 Å². The topological polar surface area (TPSA) is 56.5 Å². The molecule has 0 saturated heterocycles. The Labute approximate surface area is 116 Å². The molecule has 0 spiro atoms. The Kier molecular flexibility index (Phi) is 3.74. The minimum Gasteiger partial charge on any atom is -0.464 e. The van der Waals surface area contributed by atoms with Crippen LogP contribution in [0.4, 0.5) is 0 Å². The molecule has 0 fully saturated rings. The van der Waals surface area contributed by atoms with Gasteiger partial charge in [-0.15, -0.1) is 0 Å². The zero-order valence-corrected chi connectivity index (χ0v) is 11.9. The van der Waals surface area contributed by atoms with Gasteiger partial charge >= 0.3 is 5.63 Å². The van der Waals surface area contributed by atoms with Gasteiger partial charge in [0.15, 0.2) is 11.4 Å². The summed E-state index contributed by atoms with van der Waals surface area (Å²) in [7, 11) is 0. The first kappa shape index (κ1) is 14.1. The van der Waals surface area contributed by atoms with Gasteiger partial charge in [-0.1, -0.05) is 0 Å². The average molecular weight is 272 g/mol. The molecule has 1 aromatic heterocycles. The molecule has 0 bridgehead atoms. The van der Waals surface area contributed by atoms with Crippen molar-refractivity contribution in [2.24, 2.45) is 0 Å². The molecule has 0 saturated carbocycles. The Morgan fingerprint density at radius 1 is 1.25 bits per heavy atom. The van der Waals surface area contributed by atoms with Gasteiger partial charge in [0.1, 0.15) is 11.3 Å². The molecule has 0 radical (unpaired) electrons. The zero-order valence-electron chi connectivity index (χ0n) is 11.9. The van der Waals surface area contributed by atoms with Gasteiger partial charge in [0.25, 0.3) is 0 Å². The van der Waals surface area contributed by atoms with E-state index in [0.717, 1.165) is 16.5 Å². The number of fused-ring (bicyclic) bond motifs is 1. The van der Waals surface area contributed by atoms with Crippen molar-refractivity contribution in [2.75, 3.05) is 0 Å². The molecule has 0 unspecified atom stereocenters. The van der Waals surface area contributed by atoms with Crippen LogP contribution in [0.5, 0.6) is 5.75 Å². The molecule has 0 aliphatic rings. The van der Waals surface area contributed by atoms with Crippen molar-refractivity contribution in [1.29, 1.82) is 0 Å². The third-order valence-corrected chi connectivity index (χ3v) is 2.85. The first-order valence-electron chi connectivity index (χ1n) is 6.28. The Morgan fingerprint density at radius 2 is 1.95 bits per heavy atom. The number of carbonyl (C=O) groups is 1.